The van der Waals surface area contributed by atoms with Crippen molar-refractivity contribution in [3.8, 4) is 5.75 Å². The van der Waals surface area contributed by atoms with Gasteiger partial charge in [-0.2, -0.15) is 8.78 Å². The Hall–Kier alpha value is -3.49. The summed E-state index contributed by atoms with van der Waals surface area (Å²) in [4.78, 5) is 40.5. The zero-order valence-corrected chi connectivity index (χ0v) is 16.8. The van der Waals surface area contributed by atoms with Gasteiger partial charge in [-0.1, -0.05) is 18.2 Å². The van der Waals surface area contributed by atoms with Gasteiger partial charge in [-0.05, 0) is 41.8 Å². The normalized spacial score (nSPS) is 18.0. The van der Waals surface area contributed by atoms with E-state index in [1.54, 1.807) is 36.2 Å². The number of hydrogen-bond acceptors (Lipinski definition) is 4. The van der Waals surface area contributed by atoms with Crippen LogP contribution in [-0.2, 0) is 22.7 Å². The fourth-order valence-corrected chi connectivity index (χ4v) is 3.93. The van der Waals surface area contributed by atoms with Crippen molar-refractivity contribution in [3.05, 3.63) is 59.2 Å². The maximum Gasteiger partial charge on any atom is 0.387 e. The number of carbonyl (C=O) groups excluding carboxylic acids is 3. The molecule has 0 radical (unpaired) electrons. The number of nitrogens with zero attached hydrogens (tertiary/aromatic N) is 2. The number of nitrogens with one attached hydrogen (secondary N) is 1. The van der Waals surface area contributed by atoms with Crippen LogP contribution in [0.25, 0.3) is 0 Å². The first kappa shape index (κ1) is 20.8. The fraction of sp³-hybridized carbons (Fsp3) is 0.318. The standard InChI is InChI=1S/C22H21F2N3O4/c1-26-12-14-4-5-15(10-17(14)21(26)30)25-20(29)18-8-9-19(28)27(18)11-13-2-6-16(7-3-13)31-22(23)24/h2-7,10,18,22H,8-9,11-12H2,1H3,(H,25,29)/t18-/m0/s1. The van der Waals surface area contributed by atoms with E-state index in [1.165, 1.54) is 17.0 Å². The van der Waals surface area contributed by atoms with Crippen LogP contribution in [0.5, 0.6) is 5.75 Å². The van der Waals surface area contributed by atoms with Crippen molar-refractivity contribution in [2.45, 2.75) is 38.6 Å². The summed E-state index contributed by atoms with van der Waals surface area (Å²) in [5.41, 5.74) is 2.66. The number of halogens is 2. The lowest BCUT2D eigenvalue weighted by molar-refractivity contribution is -0.133. The molecule has 2 aliphatic heterocycles. The average Bonchev–Trinajstić information content (AvgIpc) is 3.23. The summed E-state index contributed by atoms with van der Waals surface area (Å²) in [6, 6.07) is 10.5. The van der Waals surface area contributed by atoms with Crippen molar-refractivity contribution in [2.75, 3.05) is 12.4 Å². The molecule has 2 aromatic rings. The molecule has 9 heteroatoms. The molecule has 162 valence electrons. The summed E-state index contributed by atoms with van der Waals surface area (Å²) in [7, 11) is 1.72. The van der Waals surface area contributed by atoms with Gasteiger partial charge in [0.05, 0.1) is 0 Å². The van der Waals surface area contributed by atoms with E-state index in [0.717, 1.165) is 5.56 Å². The van der Waals surface area contributed by atoms with Crippen molar-refractivity contribution >= 4 is 23.4 Å². The minimum atomic E-state index is -2.91. The Morgan fingerprint density at radius 1 is 1.19 bits per heavy atom. The highest BCUT2D eigenvalue weighted by molar-refractivity contribution is 6.02. The first-order valence-electron chi connectivity index (χ1n) is 9.84. The second-order valence-electron chi connectivity index (χ2n) is 7.62. The number of ether oxygens (including phenoxy) is 1. The van der Waals surface area contributed by atoms with Crippen molar-refractivity contribution < 1.29 is 27.9 Å². The smallest absolute Gasteiger partial charge is 0.387 e. The third-order valence-corrected chi connectivity index (χ3v) is 5.49. The Morgan fingerprint density at radius 2 is 1.94 bits per heavy atom. The monoisotopic (exact) mass is 429 g/mol. The Bertz CT molecular complexity index is 1030. The highest BCUT2D eigenvalue weighted by Crippen LogP contribution is 2.27. The molecule has 0 aliphatic carbocycles. The third kappa shape index (κ3) is 4.35. The summed E-state index contributed by atoms with van der Waals surface area (Å²) in [5, 5.41) is 2.81. The van der Waals surface area contributed by atoms with Crippen LogP contribution in [0.1, 0.15) is 34.3 Å². The molecule has 2 aliphatic rings. The number of rotatable bonds is 6. The number of hydrogen-bond donors (Lipinski definition) is 1. The summed E-state index contributed by atoms with van der Waals surface area (Å²) >= 11 is 0. The van der Waals surface area contributed by atoms with Gasteiger partial charge in [0.15, 0.2) is 0 Å². The predicted molar refractivity (Wildman–Crippen MR) is 108 cm³/mol. The number of likely N-dealkylation sites (tertiary alicyclic amines) is 1. The molecule has 3 amide bonds. The van der Waals surface area contributed by atoms with E-state index < -0.39 is 12.7 Å². The van der Waals surface area contributed by atoms with Crippen LogP contribution in [0, 0.1) is 0 Å². The quantitative estimate of drug-likeness (QED) is 0.766. The van der Waals surface area contributed by atoms with Crippen molar-refractivity contribution in [1.82, 2.24) is 9.80 Å². The number of benzene rings is 2. The minimum Gasteiger partial charge on any atom is -0.435 e. The molecule has 7 nitrogen and oxygen atoms in total. The van der Waals surface area contributed by atoms with Crippen LogP contribution in [0.2, 0.25) is 0 Å². The van der Waals surface area contributed by atoms with E-state index in [1.807, 2.05) is 6.07 Å². The molecular weight excluding hydrogens is 408 g/mol. The van der Waals surface area contributed by atoms with E-state index in [2.05, 4.69) is 10.1 Å². The Labute approximate surface area is 177 Å². The fourth-order valence-electron chi connectivity index (χ4n) is 3.93. The summed E-state index contributed by atoms with van der Waals surface area (Å²) < 4.78 is 28.9. The number of fused-ring (bicyclic) bond motifs is 1. The topological polar surface area (TPSA) is 79.0 Å². The first-order chi connectivity index (χ1) is 14.8. The molecule has 0 unspecified atom stereocenters. The van der Waals surface area contributed by atoms with Gasteiger partial charge in [0.1, 0.15) is 11.8 Å². The van der Waals surface area contributed by atoms with E-state index in [-0.39, 0.29) is 36.4 Å². The molecule has 1 fully saturated rings. The SMILES string of the molecule is CN1Cc2ccc(NC(=O)[C@@H]3CCC(=O)N3Cc3ccc(OC(F)F)cc3)cc2C1=O. The lowest BCUT2D eigenvalue weighted by Gasteiger charge is -2.24. The van der Waals surface area contributed by atoms with Gasteiger partial charge >= 0.3 is 6.61 Å². The van der Waals surface area contributed by atoms with E-state index in [4.69, 9.17) is 0 Å². The molecule has 2 aromatic carbocycles. The highest BCUT2D eigenvalue weighted by Gasteiger charge is 2.36. The van der Waals surface area contributed by atoms with Crippen LogP contribution < -0.4 is 10.1 Å². The van der Waals surface area contributed by atoms with Crippen LogP contribution >= 0.6 is 0 Å². The molecule has 0 bridgehead atoms. The maximum absolute atomic E-state index is 12.9. The zero-order chi connectivity index (χ0) is 22.1. The van der Waals surface area contributed by atoms with Gasteiger partial charge in [-0.15, -0.1) is 0 Å². The van der Waals surface area contributed by atoms with Crippen LogP contribution in [0.15, 0.2) is 42.5 Å². The lowest BCUT2D eigenvalue weighted by atomic mass is 10.1. The first-order valence-corrected chi connectivity index (χ1v) is 9.84. The van der Waals surface area contributed by atoms with Gasteiger partial charge in [0, 0.05) is 37.8 Å². The minimum absolute atomic E-state index is 0.0255. The molecule has 0 saturated carbocycles. The van der Waals surface area contributed by atoms with E-state index in [9.17, 15) is 23.2 Å². The van der Waals surface area contributed by atoms with E-state index >= 15 is 0 Å². The van der Waals surface area contributed by atoms with Gasteiger partial charge < -0.3 is 19.9 Å². The van der Waals surface area contributed by atoms with Crippen LogP contribution in [0.3, 0.4) is 0 Å². The zero-order valence-electron chi connectivity index (χ0n) is 16.8. The van der Waals surface area contributed by atoms with Gasteiger partial charge in [-0.3, -0.25) is 14.4 Å². The third-order valence-electron chi connectivity index (χ3n) is 5.49. The second-order valence-corrected chi connectivity index (χ2v) is 7.62. The molecule has 0 spiro atoms. The molecule has 2 heterocycles. The second kappa shape index (κ2) is 8.33. The van der Waals surface area contributed by atoms with Gasteiger partial charge in [0.2, 0.25) is 11.8 Å². The molecule has 1 N–H and O–H groups in total. The molecule has 1 saturated heterocycles. The molecule has 4 rings (SSSR count). The molecule has 1 atom stereocenters. The Kier molecular flexibility index (Phi) is 5.58. The van der Waals surface area contributed by atoms with Crippen LogP contribution in [0.4, 0.5) is 14.5 Å². The molecule has 0 aromatic heterocycles. The largest absolute Gasteiger partial charge is 0.435 e. The molecule has 31 heavy (non-hydrogen) atoms. The predicted octanol–water partition coefficient (Wildman–Crippen LogP) is 3.00. The maximum atomic E-state index is 12.9. The Balaban J connectivity index is 1.44. The summed E-state index contributed by atoms with van der Waals surface area (Å²) in [6.45, 7) is -2.19. The van der Waals surface area contributed by atoms with Gasteiger partial charge in [0.25, 0.3) is 5.91 Å². The van der Waals surface area contributed by atoms with Crippen molar-refractivity contribution in [2.24, 2.45) is 0 Å². The molecular formula is C22H21F2N3O4. The van der Waals surface area contributed by atoms with Gasteiger partial charge in [-0.25, -0.2) is 0 Å². The van der Waals surface area contributed by atoms with Crippen LogP contribution in [-0.4, -0.2) is 47.2 Å². The highest BCUT2D eigenvalue weighted by atomic mass is 19.3. The number of anilines is 1. The number of amides is 3. The average molecular weight is 429 g/mol. The summed E-state index contributed by atoms with van der Waals surface area (Å²) in [6.07, 6.45) is 0.627. The van der Waals surface area contributed by atoms with Crippen molar-refractivity contribution in [3.63, 3.8) is 0 Å². The number of carbonyl (C=O) groups is 3. The Morgan fingerprint density at radius 3 is 2.65 bits per heavy atom. The lowest BCUT2D eigenvalue weighted by Crippen LogP contribution is -2.41. The number of alkyl halides is 2. The van der Waals surface area contributed by atoms with E-state index in [0.29, 0.717) is 29.8 Å². The van der Waals surface area contributed by atoms with Crippen molar-refractivity contribution in [1.29, 1.82) is 0 Å². The summed E-state index contributed by atoms with van der Waals surface area (Å²) in [5.74, 6) is -0.554.